The number of carbonyl (C=O) groups is 1. The Bertz CT molecular complexity index is 441. The molecule has 1 saturated carbocycles. The van der Waals surface area contributed by atoms with Crippen molar-refractivity contribution < 1.29 is 9.18 Å². The number of hydrogen-bond acceptors (Lipinski definition) is 1. The zero-order valence-corrected chi connectivity index (χ0v) is 9.50. The summed E-state index contributed by atoms with van der Waals surface area (Å²) in [5.74, 6) is -0.269. The molecule has 2 amide bonds. The van der Waals surface area contributed by atoms with Crippen molar-refractivity contribution in [3.63, 3.8) is 0 Å². The molecule has 4 heteroatoms. The molecular formula is C13H15FN2O. The minimum absolute atomic E-state index is 0.269. The van der Waals surface area contributed by atoms with Crippen LogP contribution in [0.15, 0.2) is 36.9 Å². The second-order valence-electron chi connectivity index (χ2n) is 4.19. The Morgan fingerprint density at radius 2 is 2.18 bits per heavy atom. The van der Waals surface area contributed by atoms with E-state index in [1.807, 2.05) is 0 Å². The fourth-order valence-corrected chi connectivity index (χ4v) is 1.86. The van der Waals surface area contributed by atoms with E-state index in [-0.39, 0.29) is 11.8 Å². The van der Waals surface area contributed by atoms with Gasteiger partial charge in [-0.3, -0.25) is 0 Å². The van der Waals surface area contributed by atoms with Crippen molar-refractivity contribution in [2.75, 3.05) is 6.54 Å². The van der Waals surface area contributed by atoms with E-state index in [4.69, 9.17) is 0 Å². The number of hydrogen-bond donors (Lipinski definition) is 2. The Morgan fingerprint density at radius 3 is 2.76 bits per heavy atom. The minimum Gasteiger partial charge on any atom is -0.335 e. The third-order valence-corrected chi connectivity index (χ3v) is 2.90. The Labute approximate surface area is 99.7 Å². The molecule has 1 aromatic carbocycles. The van der Waals surface area contributed by atoms with Gasteiger partial charge < -0.3 is 10.6 Å². The number of halogens is 1. The summed E-state index contributed by atoms with van der Waals surface area (Å²) in [4.78, 5) is 11.5. The molecule has 1 aliphatic carbocycles. The maximum atomic E-state index is 13.6. The van der Waals surface area contributed by atoms with Crippen LogP contribution in [0.5, 0.6) is 0 Å². The van der Waals surface area contributed by atoms with Crippen molar-refractivity contribution >= 4 is 6.03 Å². The Kier molecular flexibility index (Phi) is 3.13. The molecule has 3 nitrogen and oxygen atoms in total. The van der Waals surface area contributed by atoms with Gasteiger partial charge in [-0.1, -0.05) is 24.3 Å². The molecule has 2 N–H and O–H groups in total. The van der Waals surface area contributed by atoms with Gasteiger partial charge in [0, 0.05) is 12.1 Å². The first-order chi connectivity index (χ1) is 8.18. The van der Waals surface area contributed by atoms with Crippen molar-refractivity contribution in [1.29, 1.82) is 0 Å². The fourth-order valence-electron chi connectivity index (χ4n) is 1.86. The van der Waals surface area contributed by atoms with Crippen LogP contribution in [0, 0.1) is 5.82 Å². The Hall–Kier alpha value is -1.84. The molecule has 1 aromatic rings. The molecule has 1 fully saturated rings. The lowest BCUT2D eigenvalue weighted by molar-refractivity contribution is 0.236. The molecule has 0 radical (unpaired) electrons. The van der Waals surface area contributed by atoms with Gasteiger partial charge in [-0.2, -0.15) is 0 Å². The molecule has 0 aromatic heterocycles. The lowest BCUT2D eigenvalue weighted by Gasteiger charge is -2.18. The summed E-state index contributed by atoms with van der Waals surface area (Å²) in [7, 11) is 0. The maximum Gasteiger partial charge on any atom is 0.315 e. The lowest BCUT2D eigenvalue weighted by atomic mass is 10.0. The molecule has 2 rings (SSSR count). The van der Waals surface area contributed by atoms with E-state index in [0.717, 1.165) is 12.8 Å². The van der Waals surface area contributed by atoms with Crippen molar-refractivity contribution in [3.8, 4) is 0 Å². The number of benzene rings is 1. The van der Waals surface area contributed by atoms with E-state index in [0.29, 0.717) is 12.1 Å². The first kappa shape index (κ1) is 11.6. The highest BCUT2D eigenvalue weighted by Gasteiger charge is 2.47. The predicted octanol–water partition coefficient (Wildman–Crippen LogP) is 2.30. The maximum absolute atomic E-state index is 13.6. The Morgan fingerprint density at radius 1 is 1.47 bits per heavy atom. The third-order valence-electron chi connectivity index (χ3n) is 2.90. The van der Waals surface area contributed by atoms with Crippen LogP contribution >= 0.6 is 0 Å². The van der Waals surface area contributed by atoms with Gasteiger partial charge in [-0.15, -0.1) is 6.58 Å². The molecule has 0 atom stereocenters. The van der Waals surface area contributed by atoms with E-state index in [1.54, 1.807) is 24.3 Å². The van der Waals surface area contributed by atoms with Crippen molar-refractivity contribution in [2.45, 2.75) is 18.4 Å². The molecule has 90 valence electrons. The van der Waals surface area contributed by atoms with Gasteiger partial charge in [0.25, 0.3) is 0 Å². The number of amides is 2. The van der Waals surface area contributed by atoms with E-state index in [1.165, 1.54) is 6.07 Å². The van der Waals surface area contributed by atoms with Crippen molar-refractivity contribution in [2.24, 2.45) is 0 Å². The average molecular weight is 234 g/mol. The SMILES string of the molecule is C=CCNC(=O)NC1(c2ccccc2F)CC1. The van der Waals surface area contributed by atoms with Crippen LogP contribution in [0.25, 0.3) is 0 Å². The van der Waals surface area contributed by atoms with Crippen LogP contribution < -0.4 is 10.6 Å². The third kappa shape index (κ3) is 2.46. The molecule has 17 heavy (non-hydrogen) atoms. The number of urea groups is 1. The van der Waals surface area contributed by atoms with Gasteiger partial charge >= 0.3 is 6.03 Å². The van der Waals surface area contributed by atoms with Crippen LogP contribution in [0.1, 0.15) is 18.4 Å². The molecule has 0 heterocycles. The Balaban J connectivity index is 2.08. The summed E-state index contributed by atoms with van der Waals surface area (Å²) < 4.78 is 13.6. The zero-order chi connectivity index (χ0) is 12.3. The molecule has 0 unspecified atom stereocenters. The highest BCUT2D eigenvalue weighted by atomic mass is 19.1. The highest BCUT2D eigenvalue weighted by molar-refractivity contribution is 5.75. The van der Waals surface area contributed by atoms with Gasteiger partial charge in [0.15, 0.2) is 0 Å². The average Bonchev–Trinajstić information content (AvgIpc) is 3.07. The second-order valence-corrected chi connectivity index (χ2v) is 4.19. The molecule has 0 spiro atoms. The van der Waals surface area contributed by atoms with E-state index in [9.17, 15) is 9.18 Å². The summed E-state index contributed by atoms with van der Waals surface area (Å²) in [6.07, 6.45) is 3.15. The van der Waals surface area contributed by atoms with E-state index in [2.05, 4.69) is 17.2 Å². The van der Waals surface area contributed by atoms with Gasteiger partial charge in [-0.05, 0) is 18.9 Å². The summed E-state index contributed by atoms with van der Waals surface area (Å²) in [5, 5.41) is 5.45. The first-order valence-electron chi connectivity index (χ1n) is 5.60. The topological polar surface area (TPSA) is 41.1 Å². The van der Waals surface area contributed by atoms with Crippen molar-refractivity contribution in [3.05, 3.63) is 48.3 Å². The van der Waals surface area contributed by atoms with E-state index >= 15 is 0 Å². The first-order valence-corrected chi connectivity index (χ1v) is 5.60. The summed E-state index contributed by atoms with van der Waals surface area (Å²) in [6, 6.07) is 6.27. The van der Waals surface area contributed by atoms with Gasteiger partial charge in [-0.25, -0.2) is 9.18 Å². The molecule has 0 saturated heterocycles. The monoisotopic (exact) mass is 234 g/mol. The summed E-state index contributed by atoms with van der Waals surface area (Å²) in [5.41, 5.74) is 0.0464. The van der Waals surface area contributed by atoms with Crippen LogP contribution in [0.2, 0.25) is 0 Å². The minimum atomic E-state index is -0.517. The van der Waals surface area contributed by atoms with Crippen LogP contribution in [-0.2, 0) is 5.54 Å². The van der Waals surface area contributed by atoms with Crippen LogP contribution in [0.3, 0.4) is 0 Å². The number of carbonyl (C=O) groups excluding carboxylic acids is 1. The number of rotatable bonds is 4. The van der Waals surface area contributed by atoms with Crippen molar-refractivity contribution in [1.82, 2.24) is 10.6 Å². The highest BCUT2D eigenvalue weighted by Crippen LogP contribution is 2.46. The molecule has 0 aliphatic heterocycles. The zero-order valence-electron chi connectivity index (χ0n) is 9.50. The van der Waals surface area contributed by atoms with Crippen LogP contribution in [-0.4, -0.2) is 12.6 Å². The van der Waals surface area contributed by atoms with Gasteiger partial charge in [0.1, 0.15) is 5.82 Å². The predicted molar refractivity (Wildman–Crippen MR) is 64.0 cm³/mol. The largest absolute Gasteiger partial charge is 0.335 e. The second kappa shape index (κ2) is 4.57. The fraction of sp³-hybridized carbons (Fsp3) is 0.308. The quantitative estimate of drug-likeness (QED) is 0.771. The standard InChI is InChI=1S/C13H15FN2O/c1-2-9-15-12(17)16-13(7-8-13)10-5-3-4-6-11(10)14/h2-6H,1,7-9H2,(H2,15,16,17). The molecular weight excluding hydrogens is 219 g/mol. The molecule has 0 bridgehead atoms. The van der Waals surface area contributed by atoms with Crippen LogP contribution in [0.4, 0.5) is 9.18 Å². The molecule has 1 aliphatic rings. The number of nitrogens with one attached hydrogen (secondary N) is 2. The van der Waals surface area contributed by atoms with E-state index < -0.39 is 5.54 Å². The summed E-state index contributed by atoms with van der Waals surface area (Å²) in [6.45, 7) is 3.92. The smallest absolute Gasteiger partial charge is 0.315 e. The summed E-state index contributed by atoms with van der Waals surface area (Å²) >= 11 is 0. The lowest BCUT2D eigenvalue weighted by Crippen LogP contribution is -2.42. The van der Waals surface area contributed by atoms with Gasteiger partial charge in [0.2, 0.25) is 0 Å². The van der Waals surface area contributed by atoms with Gasteiger partial charge in [0.05, 0.1) is 5.54 Å². The normalized spacial score (nSPS) is 16.1.